The average Bonchev–Trinajstić information content (AvgIpc) is 2.42. The van der Waals surface area contributed by atoms with Crippen LogP contribution in [0.3, 0.4) is 0 Å². The van der Waals surface area contributed by atoms with E-state index in [4.69, 9.17) is 5.73 Å². The zero-order valence-electron chi connectivity index (χ0n) is 11.1. The van der Waals surface area contributed by atoms with E-state index in [1.54, 1.807) is 0 Å². The lowest BCUT2D eigenvalue weighted by Crippen LogP contribution is -2.47. The largest absolute Gasteiger partial charge is 0.399 e. The second-order valence-electron chi connectivity index (χ2n) is 5.05. The van der Waals surface area contributed by atoms with E-state index >= 15 is 0 Å². The monoisotopic (exact) mass is 257 g/mol. The highest BCUT2D eigenvalue weighted by molar-refractivity contribution is 5.83. The van der Waals surface area contributed by atoms with Crippen LogP contribution < -0.4 is 11.2 Å². The highest BCUT2D eigenvalue weighted by Gasteiger charge is 2.13. The second kappa shape index (κ2) is 5.03. The molecule has 0 amide bonds. The number of nitrogen functional groups attached to an aromatic ring is 1. The number of pyridine rings is 1. The zero-order valence-corrected chi connectivity index (χ0v) is 11.1. The molecule has 1 saturated heterocycles. The summed E-state index contributed by atoms with van der Waals surface area (Å²) in [5, 5.41) is 3.29. The number of nitrogens with two attached hydrogens (primary N) is 1. The highest BCUT2D eigenvalue weighted by atomic mass is 15.5. The lowest BCUT2D eigenvalue weighted by atomic mass is 10.2. The van der Waals surface area contributed by atoms with Crippen molar-refractivity contribution in [2.75, 3.05) is 44.4 Å². The molecule has 0 aliphatic carbocycles. The fourth-order valence-corrected chi connectivity index (χ4v) is 2.29. The molecule has 0 radical (unpaired) electrons. The van der Waals surface area contributed by atoms with Crippen molar-refractivity contribution >= 4 is 22.4 Å². The maximum atomic E-state index is 5.77. The van der Waals surface area contributed by atoms with E-state index in [9.17, 15) is 0 Å². The molecule has 3 rings (SSSR count). The van der Waals surface area contributed by atoms with Crippen LogP contribution in [0.15, 0.2) is 30.3 Å². The summed E-state index contributed by atoms with van der Waals surface area (Å²) in [6.45, 7) is 4.18. The Morgan fingerprint density at radius 2 is 1.89 bits per heavy atom. The van der Waals surface area contributed by atoms with Crippen molar-refractivity contribution in [1.29, 1.82) is 0 Å². The molecule has 19 heavy (non-hydrogen) atoms. The highest BCUT2D eigenvalue weighted by Crippen LogP contribution is 2.18. The van der Waals surface area contributed by atoms with Crippen LogP contribution in [-0.2, 0) is 0 Å². The number of fused-ring (bicyclic) bond motifs is 1. The first-order chi connectivity index (χ1) is 9.20. The van der Waals surface area contributed by atoms with Crippen molar-refractivity contribution in [3.8, 4) is 0 Å². The van der Waals surface area contributed by atoms with Crippen molar-refractivity contribution in [3.63, 3.8) is 0 Å². The molecule has 100 valence electrons. The SMILES string of the molecule is CN1CCN(Nc2ccc3cc(N)ccc3n2)CC1. The third kappa shape index (κ3) is 2.77. The predicted octanol–water partition coefficient (Wildman–Crippen LogP) is 1.39. The Labute approximate surface area is 113 Å². The number of hydrazine groups is 1. The van der Waals surface area contributed by atoms with Crippen molar-refractivity contribution < 1.29 is 0 Å². The summed E-state index contributed by atoms with van der Waals surface area (Å²) in [5.41, 5.74) is 10.9. The summed E-state index contributed by atoms with van der Waals surface area (Å²) >= 11 is 0. The molecule has 1 aliphatic heterocycles. The Kier molecular flexibility index (Phi) is 3.23. The summed E-state index contributed by atoms with van der Waals surface area (Å²) in [5.74, 6) is 0.891. The van der Waals surface area contributed by atoms with Gasteiger partial charge in [-0.15, -0.1) is 0 Å². The number of benzene rings is 1. The van der Waals surface area contributed by atoms with Crippen molar-refractivity contribution in [2.24, 2.45) is 0 Å². The Morgan fingerprint density at radius 1 is 1.11 bits per heavy atom. The first-order valence-electron chi connectivity index (χ1n) is 6.57. The second-order valence-corrected chi connectivity index (χ2v) is 5.05. The van der Waals surface area contributed by atoms with Gasteiger partial charge in [-0.05, 0) is 37.4 Å². The first kappa shape index (κ1) is 12.2. The number of likely N-dealkylation sites (N-methyl/N-ethyl adjacent to an activating group) is 1. The lowest BCUT2D eigenvalue weighted by molar-refractivity contribution is 0.178. The van der Waals surface area contributed by atoms with Gasteiger partial charge in [-0.25, -0.2) is 9.99 Å². The zero-order chi connectivity index (χ0) is 13.2. The Hall–Kier alpha value is -1.85. The summed E-state index contributed by atoms with van der Waals surface area (Å²) in [7, 11) is 2.15. The van der Waals surface area contributed by atoms with Crippen molar-refractivity contribution in [2.45, 2.75) is 0 Å². The molecule has 1 aromatic carbocycles. The Morgan fingerprint density at radius 3 is 2.68 bits per heavy atom. The smallest absolute Gasteiger partial charge is 0.141 e. The van der Waals surface area contributed by atoms with Gasteiger partial charge >= 0.3 is 0 Å². The molecule has 3 N–H and O–H groups in total. The third-order valence-electron chi connectivity index (χ3n) is 3.49. The molecule has 0 saturated carbocycles. The first-order valence-corrected chi connectivity index (χ1v) is 6.57. The van der Waals surface area contributed by atoms with Crippen LogP contribution in [0.5, 0.6) is 0 Å². The molecule has 0 bridgehead atoms. The van der Waals surface area contributed by atoms with Gasteiger partial charge in [-0.3, -0.25) is 0 Å². The summed E-state index contributed by atoms with van der Waals surface area (Å²) in [6, 6.07) is 9.84. The number of rotatable bonds is 2. The molecule has 0 spiro atoms. The van der Waals surface area contributed by atoms with Crippen molar-refractivity contribution in [3.05, 3.63) is 30.3 Å². The number of anilines is 2. The number of hydrogen-bond donors (Lipinski definition) is 2. The van der Waals surface area contributed by atoms with Gasteiger partial charge in [0.1, 0.15) is 5.82 Å². The van der Waals surface area contributed by atoms with Gasteiger partial charge in [0.05, 0.1) is 5.52 Å². The molecule has 2 heterocycles. The minimum Gasteiger partial charge on any atom is -0.399 e. The molecule has 5 nitrogen and oxygen atoms in total. The normalized spacial score (nSPS) is 17.7. The fourth-order valence-electron chi connectivity index (χ4n) is 2.29. The van der Waals surface area contributed by atoms with E-state index in [0.29, 0.717) is 0 Å². The van der Waals surface area contributed by atoms with Gasteiger partial charge < -0.3 is 16.1 Å². The van der Waals surface area contributed by atoms with E-state index < -0.39 is 0 Å². The topological polar surface area (TPSA) is 57.4 Å². The summed E-state index contributed by atoms with van der Waals surface area (Å²) in [4.78, 5) is 6.94. The fraction of sp³-hybridized carbons (Fsp3) is 0.357. The van der Waals surface area contributed by atoms with Crippen LogP contribution in [0.2, 0.25) is 0 Å². The van der Waals surface area contributed by atoms with E-state index in [0.717, 1.165) is 48.6 Å². The van der Waals surface area contributed by atoms with Crippen LogP contribution in [0.1, 0.15) is 0 Å². The van der Waals surface area contributed by atoms with Crippen LogP contribution in [0.4, 0.5) is 11.5 Å². The van der Waals surface area contributed by atoms with Crippen molar-refractivity contribution in [1.82, 2.24) is 14.9 Å². The van der Waals surface area contributed by atoms with Crippen LogP contribution in [0, 0.1) is 0 Å². The molecular formula is C14H19N5. The maximum absolute atomic E-state index is 5.77. The van der Waals surface area contributed by atoms with E-state index in [1.807, 2.05) is 24.3 Å². The minimum atomic E-state index is 0.772. The average molecular weight is 257 g/mol. The summed E-state index contributed by atoms with van der Waals surface area (Å²) < 4.78 is 0. The van der Waals surface area contributed by atoms with Gasteiger partial charge in [-0.1, -0.05) is 0 Å². The van der Waals surface area contributed by atoms with Gasteiger partial charge in [0, 0.05) is 37.3 Å². The number of hydrogen-bond acceptors (Lipinski definition) is 5. The summed E-state index contributed by atoms with van der Waals surface area (Å²) in [6.07, 6.45) is 0. The molecule has 0 atom stereocenters. The van der Waals surface area contributed by atoms with E-state index in [-0.39, 0.29) is 0 Å². The maximum Gasteiger partial charge on any atom is 0.141 e. The Balaban J connectivity index is 1.76. The van der Waals surface area contributed by atoms with E-state index in [2.05, 4.69) is 33.4 Å². The number of nitrogens with zero attached hydrogens (tertiary/aromatic N) is 3. The molecule has 5 heteroatoms. The van der Waals surface area contributed by atoms with Crippen LogP contribution in [-0.4, -0.2) is 48.1 Å². The third-order valence-corrected chi connectivity index (χ3v) is 3.49. The molecular weight excluding hydrogens is 238 g/mol. The number of piperazine rings is 1. The quantitative estimate of drug-likeness (QED) is 0.796. The number of nitrogens with one attached hydrogen (secondary N) is 1. The molecule has 2 aromatic rings. The predicted molar refractivity (Wildman–Crippen MR) is 78.8 cm³/mol. The molecule has 0 unspecified atom stereocenters. The molecule has 1 fully saturated rings. The van der Waals surface area contributed by atoms with Crippen LogP contribution >= 0.6 is 0 Å². The van der Waals surface area contributed by atoms with Gasteiger partial charge in [0.15, 0.2) is 0 Å². The molecule has 1 aliphatic rings. The number of aromatic nitrogens is 1. The minimum absolute atomic E-state index is 0.772. The molecule has 1 aromatic heterocycles. The lowest BCUT2D eigenvalue weighted by Gasteiger charge is -2.32. The van der Waals surface area contributed by atoms with E-state index in [1.165, 1.54) is 0 Å². The standard InChI is InChI=1S/C14H19N5/c1-18-6-8-19(9-7-18)17-14-5-2-11-10-12(15)3-4-13(11)16-14/h2-5,10H,6-9,15H2,1H3,(H,16,17). The Bertz CT molecular complexity index is 575. The van der Waals surface area contributed by atoms with Gasteiger partial charge in [0.25, 0.3) is 0 Å². The van der Waals surface area contributed by atoms with Gasteiger partial charge in [0.2, 0.25) is 0 Å². The van der Waals surface area contributed by atoms with Gasteiger partial charge in [-0.2, -0.15) is 0 Å². The van der Waals surface area contributed by atoms with Crippen LogP contribution in [0.25, 0.3) is 10.9 Å².